The van der Waals surface area contributed by atoms with E-state index in [1.807, 2.05) is 12.1 Å². The summed E-state index contributed by atoms with van der Waals surface area (Å²) in [6, 6.07) is 7.75. The molecule has 0 amide bonds. The second-order valence-electron chi connectivity index (χ2n) is 5.65. The normalized spacial score (nSPS) is 18.6. The average Bonchev–Trinajstić information content (AvgIpc) is 3.22. The molecule has 0 spiro atoms. The van der Waals surface area contributed by atoms with Gasteiger partial charge in [-0.2, -0.15) is 0 Å². The molecule has 2 unspecified atom stereocenters. The van der Waals surface area contributed by atoms with E-state index in [9.17, 15) is 4.39 Å². The van der Waals surface area contributed by atoms with Gasteiger partial charge in [0.25, 0.3) is 0 Å². The third-order valence-corrected chi connectivity index (χ3v) is 4.20. The quantitative estimate of drug-likeness (QED) is 0.813. The van der Waals surface area contributed by atoms with Crippen molar-refractivity contribution in [3.8, 4) is 0 Å². The lowest BCUT2D eigenvalue weighted by atomic mass is 10.0. The molecule has 0 aliphatic heterocycles. The van der Waals surface area contributed by atoms with E-state index >= 15 is 0 Å². The molecule has 19 heavy (non-hydrogen) atoms. The van der Waals surface area contributed by atoms with Crippen LogP contribution in [0.1, 0.15) is 38.3 Å². The van der Waals surface area contributed by atoms with Crippen molar-refractivity contribution >= 4 is 0 Å². The van der Waals surface area contributed by atoms with Gasteiger partial charge in [-0.25, -0.2) is 4.39 Å². The van der Waals surface area contributed by atoms with Gasteiger partial charge in [0, 0.05) is 24.2 Å². The molecule has 1 aromatic rings. The van der Waals surface area contributed by atoms with Crippen LogP contribution in [0.2, 0.25) is 0 Å². The fourth-order valence-corrected chi connectivity index (χ4v) is 2.67. The zero-order valence-corrected chi connectivity index (χ0v) is 12.2. The summed E-state index contributed by atoms with van der Waals surface area (Å²) in [5, 5.41) is 3.40. The van der Waals surface area contributed by atoms with E-state index in [4.69, 9.17) is 0 Å². The number of rotatable bonds is 7. The van der Waals surface area contributed by atoms with E-state index in [0.29, 0.717) is 6.04 Å². The Hall–Kier alpha value is -0.930. The maximum atomic E-state index is 13.9. The van der Waals surface area contributed by atoms with E-state index in [0.717, 1.165) is 24.6 Å². The molecule has 0 heterocycles. The first-order valence-corrected chi connectivity index (χ1v) is 7.31. The van der Waals surface area contributed by atoms with Crippen molar-refractivity contribution in [3.63, 3.8) is 0 Å². The molecule has 1 aliphatic rings. The fourth-order valence-electron chi connectivity index (χ4n) is 2.67. The van der Waals surface area contributed by atoms with Crippen molar-refractivity contribution < 1.29 is 4.39 Å². The van der Waals surface area contributed by atoms with Gasteiger partial charge in [-0.1, -0.05) is 25.1 Å². The Kier molecular flexibility index (Phi) is 4.94. The summed E-state index contributed by atoms with van der Waals surface area (Å²) in [6.45, 7) is 6.05. The monoisotopic (exact) mass is 264 g/mol. The van der Waals surface area contributed by atoms with Crippen molar-refractivity contribution in [1.82, 2.24) is 10.2 Å². The largest absolute Gasteiger partial charge is 0.309 e. The summed E-state index contributed by atoms with van der Waals surface area (Å²) < 4.78 is 13.9. The number of benzene rings is 1. The van der Waals surface area contributed by atoms with Crippen LogP contribution in [0.25, 0.3) is 0 Å². The summed E-state index contributed by atoms with van der Waals surface area (Å²) in [5.41, 5.74) is 0.777. The third kappa shape index (κ3) is 3.77. The van der Waals surface area contributed by atoms with Crippen LogP contribution in [0.5, 0.6) is 0 Å². The Bertz CT molecular complexity index is 403. The molecule has 2 atom stereocenters. The minimum atomic E-state index is -0.110. The van der Waals surface area contributed by atoms with Crippen LogP contribution < -0.4 is 5.32 Å². The van der Waals surface area contributed by atoms with Gasteiger partial charge in [0.1, 0.15) is 5.82 Å². The van der Waals surface area contributed by atoms with Gasteiger partial charge in [0.05, 0.1) is 0 Å². The molecule has 2 rings (SSSR count). The Morgan fingerprint density at radius 1 is 1.37 bits per heavy atom. The molecule has 2 nitrogen and oxygen atoms in total. The lowest BCUT2D eigenvalue weighted by molar-refractivity contribution is 0.209. The van der Waals surface area contributed by atoms with E-state index < -0.39 is 0 Å². The number of hydrogen-bond acceptors (Lipinski definition) is 2. The highest BCUT2D eigenvalue weighted by molar-refractivity contribution is 5.21. The van der Waals surface area contributed by atoms with Crippen molar-refractivity contribution in [3.05, 3.63) is 35.6 Å². The first kappa shape index (κ1) is 14.5. The molecule has 1 aliphatic carbocycles. The van der Waals surface area contributed by atoms with Gasteiger partial charge in [-0.3, -0.25) is 0 Å². The van der Waals surface area contributed by atoms with Gasteiger partial charge in [0.2, 0.25) is 0 Å². The molecular weight excluding hydrogens is 239 g/mol. The van der Waals surface area contributed by atoms with Gasteiger partial charge in [-0.05, 0) is 45.3 Å². The molecule has 0 bridgehead atoms. The summed E-state index contributed by atoms with van der Waals surface area (Å²) in [7, 11) is 2.15. The smallest absolute Gasteiger partial charge is 0.128 e. The minimum Gasteiger partial charge on any atom is -0.309 e. The van der Waals surface area contributed by atoms with Crippen LogP contribution in [0, 0.1) is 11.7 Å². The summed E-state index contributed by atoms with van der Waals surface area (Å²) in [5.74, 6) is 0.730. The number of halogens is 1. The number of nitrogens with one attached hydrogen (secondary N) is 1. The highest BCUT2D eigenvalue weighted by atomic mass is 19.1. The summed E-state index contributed by atoms with van der Waals surface area (Å²) in [4.78, 5) is 2.36. The van der Waals surface area contributed by atoms with Crippen LogP contribution in [0.4, 0.5) is 4.39 Å². The molecule has 0 aromatic heterocycles. The minimum absolute atomic E-state index is 0.0670. The van der Waals surface area contributed by atoms with E-state index in [1.54, 1.807) is 12.1 Å². The SMILES string of the molecule is CCNC(CN(C)C(C)C1CC1)c1ccccc1F. The lowest BCUT2D eigenvalue weighted by Crippen LogP contribution is -2.39. The Morgan fingerprint density at radius 2 is 2.05 bits per heavy atom. The molecule has 0 saturated heterocycles. The molecule has 0 radical (unpaired) electrons. The van der Waals surface area contributed by atoms with E-state index in [-0.39, 0.29) is 11.9 Å². The molecular formula is C16H25FN2. The van der Waals surface area contributed by atoms with Crippen LogP contribution in [0.3, 0.4) is 0 Å². The number of hydrogen-bond donors (Lipinski definition) is 1. The van der Waals surface area contributed by atoms with Crippen LogP contribution in [-0.4, -0.2) is 31.1 Å². The average molecular weight is 264 g/mol. The lowest BCUT2D eigenvalue weighted by Gasteiger charge is -2.30. The van der Waals surface area contributed by atoms with E-state index in [1.165, 1.54) is 12.8 Å². The van der Waals surface area contributed by atoms with Crippen molar-refractivity contribution in [2.75, 3.05) is 20.1 Å². The highest BCUT2D eigenvalue weighted by Crippen LogP contribution is 2.35. The molecule has 1 N–H and O–H groups in total. The zero-order valence-electron chi connectivity index (χ0n) is 12.2. The first-order chi connectivity index (χ1) is 9.13. The standard InChI is InChI=1S/C16H25FN2/c1-4-18-16(14-7-5-6-8-15(14)17)11-19(3)12(2)13-9-10-13/h5-8,12-13,16,18H,4,9-11H2,1-3H3. The fraction of sp³-hybridized carbons (Fsp3) is 0.625. The maximum Gasteiger partial charge on any atom is 0.128 e. The van der Waals surface area contributed by atoms with Crippen LogP contribution in [0.15, 0.2) is 24.3 Å². The highest BCUT2D eigenvalue weighted by Gasteiger charge is 2.31. The third-order valence-electron chi connectivity index (χ3n) is 4.20. The zero-order chi connectivity index (χ0) is 13.8. The Balaban J connectivity index is 2.05. The molecule has 1 fully saturated rings. The second kappa shape index (κ2) is 6.49. The topological polar surface area (TPSA) is 15.3 Å². The van der Waals surface area contributed by atoms with Gasteiger partial charge >= 0.3 is 0 Å². The van der Waals surface area contributed by atoms with Gasteiger partial charge in [-0.15, -0.1) is 0 Å². The van der Waals surface area contributed by atoms with Crippen molar-refractivity contribution in [2.24, 2.45) is 5.92 Å². The van der Waals surface area contributed by atoms with Crippen molar-refractivity contribution in [1.29, 1.82) is 0 Å². The van der Waals surface area contributed by atoms with E-state index in [2.05, 4.69) is 31.1 Å². The Morgan fingerprint density at radius 3 is 2.63 bits per heavy atom. The van der Waals surface area contributed by atoms with Crippen LogP contribution in [-0.2, 0) is 0 Å². The maximum absolute atomic E-state index is 13.9. The Labute approximate surface area is 116 Å². The first-order valence-electron chi connectivity index (χ1n) is 7.31. The molecule has 1 saturated carbocycles. The number of likely N-dealkylation sites (N-methyl/N-ethyl adjacent to an activating group) is 2. The second-order valence-corrected chi connectivity index (χ2v) is 5.65. The summed E-state index contributed by atoms with van der Waals surface area (Å²) in [6.07, 6.45) is 2.69. The molecule has 106 valence electrons. The molecule has 3 heteroatoms. The van der Waals surface area contributed by atoms with Gasteiger partial charge in [0.15, 0.2) is 0 Å². The molecule has 1 aromatic carbocycles. The van der Waals surface area contributed by atoms with Crippen LogP contribution >= 0.6 is 0 Å². The predicted octanol–water partition coefficient (Wildman–Crippen LogP) is 3.21. The summed E-state index contributed by atoms with van der Waals surface area (Å²) >= 11 is 0. The van der Waals surface area contributed by atoms with Gasteiger partial charge < -0.3 is 10.2 Å². The number of nitrogens with zero attached hydrogens (tertiary/aromatic N) is 1. The predicted molar refractivity (Wildman–Crippen MR) is 77.6 cm³/mol. The van der Waals surface area contributed by atoms with Crippen molar-refractivity contribution in [2.45, 2.75) is 38.8 Å².